The molecule has 166 valence electrons. The molecule has 0 atom stereocenters. The average Bonchev–Trinajstić information content (AvgIpc) is 3.59. The van der Waals surface area contributed by atoms with Crippen LogP contribution in [-0.4, -0.2) is 55.3 Å². The highest BCUT2D eigenvalue weighted by atomic mass is 35.5. The Morgan fingerprint density at radius 2 is 1.97 bits per heavy atom. The number of piperazine rings is 1. The number of hydrogen-bond donors (Lipinski definition) is 0. The van der Waals surface area contributed by atoms with Crippen LogP contribution in [0.3, 0.4) is 0 Å². The fraction of sp³-hybridized carbons (Fsp3) is 0.381. The summed E-state index contributed by atoms with van der Waals surface area (Å²) in [5.74, 6) is 0.862. The van der Waals surface area contributed by atoms with Gasteiger partial charge in [0.1, 0.15) is 5.69 Å². The molecule has 3 heterocycles. The van der Waals surface area contributed by atoms with E-state index in [1.165, 1.54) is 6.07 Å². The van der Waals surface area contributed by atoms with Crippen molar-refractivity contribution in [3.63, 3.8) is 0 Å². The summed E-state index contributed by atoms with van der Waals surface area (Å²) in [6, 6.07) is 9.15. The van der Waals surface area contributed by atoms with E-state index in [9.17, 15) is 10.1 Å². The predicted octanol–water partition coefficient (Wildman–Crippen LogP) is 4.15. The van der Waals surface area contributed by atoms with Crippen molar-refractivity contribution in [2.24, 2.45) is 0 Å². The van der Waals surface area contributed by atoms with Crippen LogP contribution in [0.2, 0.25) is 5.02 Å². The van der Waals surface area contributed by atoms with Gasteiger partial charge in [-0.3, -0.25) is 24.6 Å². The minimum Gasteiger partial charge on any atom is -0.363 e. The summed E-state index contributed by atoms with van der Waals surface area (Å²) in [6.07, 6.45) is 5.80. The molecule has 9 nitrogen and oxygen atoms in total. The zero-order valence-corrected chi connectivity index (χ0v) is 18.9. The smallest absolute Gasteiger partial charge is 0.294 e. The summed E-state index contributed by atoms with van der Waals surface area (Å²) in [5.41, 5.74) is 1.61. The largest absolute Gasteiger partial charge is 0.363 e. The van der Waals surface area contributed by atoms with Crippen molar-refractivity contribution in [1.29, 1.82) is 0 Å². The molecule has 0 bridgehead atoms. The summed E-state index contributed by atoms with van der Waals surface area (Å²) >= 11 is 11.7. The number of rotatable bonds is 6. The van der Waals surface area contributed by atoms with E-state index >= 15 is 0 Å². The molecule has 2 aliphatic rings. The van der Waals surface area contributed by atoms with Gasteiger partial charge in [-0.05, 0) is 49.3 Å². The molecule has 1 saturated carbocycles. The number of nitro benzene ring substituents is 1. The minimum atomic E-state index is -0.378. The summed E-state index contributed by atoms with van der Waals surface area (Å²) < 4.78 is 4.76. The maximum absolute atomic E-state index is 11.5. The normalized spacial score (nSPS) is 17.0. The minimum absolute atomic E-state index is 0.0393. The van der Waals surface area contributed by atoms with E-state index in [0.29, 0.717) is 36.5 Å². The lowest BCUT2D eigenvalue weighted by Crippen LogP contribution is -2.47. The van der Waals surface area contributed by atoms with E-state index < -0.39 is 0 Å². The molecule has 0 unspecified atom stereocenters. The molecule has 1 aliphatic carbocycles. The monoisotopic (exact) mass is 471 g/mol. The van der Waals surface area contributed by atoms with Crippen LogP contribution in [0, 0.1) is 14.9 Å². The molecule has 1 aliphatic heterocycles. The second-order valence-electron chi connectivity index (χ2n) is 8.09. The lowest BCUT2D eigenvalue weighted by atomic mass is 10.2. The zero-order chi connectivity index (χ0) is 22.2. The molecule has 0 radical (unpaired) electrons. The maximum atomic E-state index is 11.5. The number of benzene rings is 1. The van der Waals surface area contributed by atoms with Crippen LogP contribution in [0.15, 0.2) is 42.7 Å². The summed E-state index contributed by atoms with van der Waals surface area (Å²) in [7, 11) is 0. The van der Waals surface area contributed by atoms with Crippen LogP contribution >= 0.6 is 23.8 Å². The molecule has 1 saturated heterocycles. The Morgan fingerprint density at radius 3 is 2.62 bits per heavy atom. The van der Waals surface area contributed by atoms with Gasteiger partial charge in [-0.15, -0.1) is 0 Å². The van der Waals surface area contributed by atoms with Gasteiger partial charge >= 0.3 is 0 Å². The number of aromatic nitrogens is 4. The number of nitro groups is 1. The molecule has 5 rings (SSSR count). The van der Waals surface area contributed by atoms with Crippen molar-refractivity contribution in [2.75, 3.05) is 31.1 Å². The molecule has 3 aromatic rings. The van der Waals surface area contributed by atoms with E-state index in [1.54, 1.807) is 18.3 Å². The van der Waals surface area contributed by atoms with Gasteiger partial charge in [0.25, 0.3) is 5.69 Å². The van der Waals surface area contributed by atoms with Crippen molar-refractivity contribution >= 4 is 35.2 Å². The van der Waals surface area contributed by atoms with Crippen molar-refractivity contribution in [2.45, 2.75) is 25.6 Å². The van der Waals surface area contributed by atoms with E-state index in [-0.39, 0.29) is 10.6 Å². The van der Waals surface area contributed by atoms with Gasteiger partial charge < -0.3 is 4.90 Å². The number of hydrogen-bond acceptors (Lipinski definition) is 7. The maximum Gasteiger partial charge on any atom is 0.294 e. The third-order valence-electron chi connectivity index (χ3n) is 5.88. The molecule has 2 fully saturated rings. The highest BCUT2D eigenvalue weighted by Crippen LogP contribution is 2.38. The van der Waals surface area contributed by atoms with Crippen molar-refractivity contribution in [3.8, 4) is 11.4 Å². The quantitative estimate of drug-likeness (QED) is 0.303. The molecule has 1 aromatic carbocycles. The Bertz CT molecular complexity index is 1200. The Hall–Kier alpha value is -2.82. The first kappa shape index (κ1) is 21.0. The second kappa shape index (κ2) is 8.61. The molecular weight excluding hydrogens is 450 g/mol. The first-order valence-corrected chi connectivity index (χ1v) is 11.3. The molecule has 11 heteroatoms. The number of pyridine rings is 1. The van der Waals surface area contributed by atoms with Crippen molar-refractivity contribution < 1.29 is 4.92 Å². The lowest BCUT2D eigenvalue weighted by molar-refractivity contribution is -0.384. The lowest BCUT2D eigenvalue weighted by Gasteiger charge is -2.35. The van der Waals surface area contributed by atoms with Gasteiger partial charge in [0.15, 0.2) is 10.6 Å². The van der Waals surface area contributed by atoms with Crippen LogP contribution < -0.4 is 4.90 Å². The van der Waals surface area contributed by atoms with Crippen LogP contribution in [0.25, 0.3) is 11.4 Å². The van der Waals surface area contributed by atoms with Gasteiger partial charge in [0.05, 0.1) is 11.6 Å². The van der Waals surface area contributed by atoms with Gasteiger partial charge in [-0.1, -0.05) is 11.6 Å². The van der Waals surface area contributed by atoms with E-state index in [1.807, 2.05) is 27.9 Å². The Morgan fingerprint density at radius 1 is 1.19 bits per heavy atom. The average molecular weight is 472 g/mol. The highest BCUT2D eigenvalue weighted by Gasteiger charge is 2.30. The van der Waals surface area contributed by atoms with Gasteiger partial charge in [-0.25, -0.2) is 4.68 Å². The fourth-order valence-corrected chi connectivity index (χ4v) is 4.60. The summed E-state index contributed by atoms with van der Waals surface area (Å²) in [5, 5.41) is 16.7. The first-order valence-electron chi connectivity index (χ1n) is 10.5. The third-order valence-corrected chi connectivity index (χ3v) is 6.53. The van der Waals surface area contributed by atoms with Gasteiger partial charge in [0, 0.05) is 61.3 Å². The molecule has 32 heavy (non-hydrogen) atoms. The standard InChI is InChI=1S/C21H22ClN7O2S/c22-16-3-6-18(19(12-16)29(30)31)26-10-8-25(9-11-26)14-27-21(32)28(17-4-5-17)20(24-27)15-2-1-7-23-13-15/h1-3,6-7,12-13,17H,4-5,8-11,14H2. The first-order chi connectivity index (χ1) is 15.5. The third kappa shape index (κ3) is 4.13. The number of anilines is 1. The number of halogens is 1. The fourth-order valence-electron chi connectivity index (χ4n) is 4.10. The van der Waals surface area contributed by atoms with Crippen LogP contribution in [0.4, 0.5) is 11.4 Å². The zero-order valence-electron chi connectivity index (χ0n) is 17.3. The van der Waals surface area contributed by atoms with Crippen LogP contribution in [0.5, 0.6) is 0 Å². The summed E-state index contributed by atoms with van der Waals surface area (Å²) in [4.78, 5) is 19.6. The highest BCUT2D eigenvalue weighted by molar-refractivity contribution is 7.71. The van der Waals surface area contributed by atoms with Crippen molar-refractivity contribution in [1.82, 2.24) is 24.2 Å². The van der Waals surface area contributed by atoms with Gasteiger partial charge in [-0.2, -0.15) is 5.10 Å². The van der Waals surface area contributed by atoms with Crippen LogP contribution in [0.1, 0.15) is 18.9 Å². The SMILES string of the molecule is O=[N+]([O-])c1cc(Cl)ccc1N1CCN(Cn2nc(-c3cccnc3)n(C3CC3)c2=S)CC1. The molecular formula is C21H22ClN7O2S. The predicted molar refractivity (Wildman–Crippen MR) is 124 cm³/mol. The Labute approximate surface area is 195 Å². The van der Waals surface area contributed by atoms with E-state index in [2.05, 4.69) is 14.5 Å². The Kier molecular flexibility index (Phi) is 5.66. The van der Waals surface area contributed by atoms with Gasteiger partial charge in [0.2, 0.25) is 0 Å². The molecule has 2 aromatic heterocycles. The van der Waals surface area contributed by atoms with Crippen molar-refractivity contribution in [3.05, 3.63) is 62.6 Å². The number of nitrogens with zero attached hydrogens (tertiary/aromatic N) is 7. The second-order valence-corrected chi connectivity index (χ2v) is 8.89. The molecule has 0 N–H and O–H groups in total. The molecule has 0 spiro atoms. The Balaban J connectivity index is 1.32. The summed E-state index contributed by atoms with van der Waals surface area (Å²) in [6.45, 7) is 3.44. The molecule has 0 amide bonds. The topological polar surface area (TPSA) is 85.3 Å². The van der Waals surface area contributed by atoms with Crippen LogP contribution in [-0.2, 0) is 6.67 Å². The van der Waals surface area contributed by atoms with E-state index in [4.69, 9.17) is 28.9 Å². The van der Waals surface area contributed by atoms with E-state index in [0.717, 1.165) is 42.1 Å².